The largest absolute Gasteiger partial charge is 0.494 e. The van der Waals surface area contributed by atoms with E-state index in [0.717, 1.165) is 48.4 Å². The molecule has 0 saturated heterocycles. The van der Waals surface area contributed by atoms with Crippen molar-refractivity contribution in [1.82, 2.24) is 0 Å². The first kappa shape index (κ1) is 22.5. The van der Waals surface area contributed by atoms with E-state index in [4.69, 9.17) is 9.47 Å². The van der Waals surface area contributed by atoms with Crippen LogP contribution in [0.3, 0.4) is 0 Å². The molecular weight excluding hydrogens is 356 g/mol. The number of rotatable bonds is 11. The van der Waals surface area contributed by atoms with Crippen LogP contribution in [0.4, 0.5) is 0 Å². The van der Waals surface area contributed by atoms with Gasteiger partial charge in [0.25, 0.3) is 0 Å². The maximum Gasteiger partial charge on any atom is 0.119 e. The van der Waals surface area contributed by atoms with Gasteiger partial charge in [-0.25, -0.2) is 0 Å². The van der Waals surface area contributed by atoms with Crippen LogP contribution in [0, 0.1) is 23.7 Å². The molecule has 29 heavy (non-hydrogen) atoms. The Morgan fingerprint density at radius 2 is 1.17 bits per heavy atom. The molecule has 2 nitrogen and oxygen atoms in total. The van der Waals surface area contributed by atoms with Gasteiger partial charge in [-0.15, -0.1) is 0 Å². The van der Waals surface area contributed by atoms with Gasteiger partial charge in [-0.3, -0.25) is 0 Å². The predicted octanol–water partition coefficient (Wildman–Crippen LogP) is 8.05. The van der Waals surface area contributed by atoms with Crippen LogP contribution in [0.2, 0.25) is 0 Å². The van der Waals surface area contributed by atoms with E-state index < -0.39 is 0 Å². The summed E-state index contributed by atoms with van der Waals surface area (Å²) < 4.78 is 12.0. The summed E-state index contributed by atoms with van der Waals surface area (Å²) in [4.78, 5) is 0. The van der Waals surface area contributed by atoms with Gasteiger partial charge in [0.1, 0.15) is 11.5 Å². The second kappa shape index (κ2) is 12.5. The summed E-state index contributed by atoms with van der Waals surface area (Å²) in [5.74, 6) is 5.62. The van der Waals surface area contributed by atoms with Crippen LogP contribution in [-0.4, -0.2) is 13.2 Å². The summed E-state index contributed by atoms with van der Waals surface area (Å²) in [6.45, 7) is 6.36. The molecule has 0 bridgehead atoms. The standard InChI is InChI=1S/C27H44O2/c1-3-6-23-12-14-25(15-13-23)21-29-27-18-16-26(17-19-27)28-20-5-7-24-10-8-22(4-2)9-11-24/h16-19,22-25H,3-15,20-21H2,1-2H3. The molecule has 2 fully saturated rings. The molecule has 0 amide bonds. The van der Waals surface area contributed by atoms with Crippen LogP contribution in [-0.2, 0) is 0 Å². The lowest BCUT2D eigenvalue weighted by Gasteiger charge is -2.28. The van der Waals surface area contributed by atoms with E-state index in [1.807, 2.05) is 0 Å². The molecule has 0 atom stereocenters. The zero-order valence-electron chi connectivity index (χ0n) is 19.0. The van der Waals surface area contributed by atoms with Crippen molar-refractivity contribution >= 4 is 0 Å². The van der Waals surface area contributed by atoms with Gasteiger partial charge in [0.15, 0.2) is 0 Å². The van der Waals surface area contributed by atoms with Crippen molar-refractivity contribution in [3.63, 3.8) is 0 Å². The lowest BCUT2D eigenvalue weighted by molar-refractivity contribution is 0.178. The molecule has 0 heterocycles. The predicted molar refractivity (Wildman–Crippen MR) is 123 cm³/mol. The number of ether oxygens (including phenoxy) is 2. The summed E-state index contributed by atoms with van der Waals surface area (Å²) in [6, 6.07) is 8.29. The molecule has 2 aliphatic carbocycles. The van der Waals surface area contributed by atoms with Crippen molar-refractivity contribution in [3.8, 4) is 11.5 Å². The third kappa shape index (κ3) is 7.87. The molecular formula is C27H44O2. The Labute approximate surface area is 179 Å². The highest BCUT2D eigenvalue weighted by Crippen LogP contribution is 2.33. The Hall–Kier alpha value is -1.18. The quantitative estimate of drug-likeness (QED) is 0.350. The van der Waals surface area contributed by atoms with Crippen LogP contribution >= 0.6 is 0 Å². The van der Waals surface area contributed by atoms with E-state index in [-0.39, 0.29) is 0 Å². The highest BCUT2D eigenvalue weighted by Gasteiger charge is 2.21. The molecule has 0 aromatic heterocycles. The van der Waals surface area contributed by atoms with Gasteiger partial charge >= 0.3 is 0 Å². The topological polar surface area (TPSA) is 18.5 Å². The molecule has 1 aromatic rings. The zero-order valence-corrected chi connectivity index (χ0v) is 19.0. The average molecular weight is 401 g/mol. The van der Waals surface area contributed by atoms with Gasteiger partial charge in [-0.1, -0.05) is 71.6 Å². The van der Waals surface area contributed by atoms with Gasteiger partial charge in [0, 0.05) is 0 Å². The van der Waals surface area contributed by atoms with Crippen molar-refractivity contribution in [2.45, 2.75) is 97.3 Å². The Balaban J connectivity index is 1.26. The van der Waals surface area contributed by atoms with Gasteiger partial charge in [-0.05, 0) is 73.6 Å². The van der Waals surface area contributed by atoms with Gasteiger partial charge in [-0.2, -0.15) is 0 Å². The molecule has 0 spiro atoms. The fourth-order valence-corrected chi connectivity index (χ4v) is 5.43. The maximum absolute atomic E-state index is 6.06. The number of hydrogen-bond acceptors (Lipinski definition) is 2. The Kier molecular flexibility index (Phi) is 9.70. The zero-order chi connectivity index (χ0) is 20.3. The minimum Gasteiger partial charge on any atom is -0.494 e. The van der Waals surface area contributed by atoms with Crippen LogP contribution in [0.5, 0.6) is 11.5 Å². The second-order valence-corrected chi connectivity index (χ2v) is 9.74. The fourth-order valence-electron chi connectivity index (χ4n) is 5.43. The third-order valence-electron chi connectivity index (χ3n) is 7.54. The SMILES string of the molecule is CCCC1CCC(COc2ccc(OCCCC3CCC(CC)CC3)cc2)CC1. The van der Waals surface area contributed by atoms with Gasteiger partial charge in [0.05, 0.1) is 13.2 Å². The van der Waals surface area contributed by atoms with Gasteiger partial charge < -0.3 is 9.47 Å². The molecule has 2 heteroatoms. The Morgan fingerprint density at radius 1 is 0.655 bits per heavy atom. The van der Waals surface area contributed by atoms with Crippen molar-refractivity contribution in [2.75, 3.05) is 13.2 Å². The summed E-state index contributed by atoms with van der Waals surface area (Å²) in [5.41, 5.74) is 0. The Morgan fingerprint density at radius 3 is 1.76 bits per heavy atom. The third-order valence-corrected chi connectivity index (χ3v) is 7.54. The van der Waals surface area contributed by atoms with E-state index in [9.17, 15) is 0 Å². The van der Waals surface area contributed by atoms with E-state index in [2.05, 4.69) is 38.1 Å². The summed E-state index contributed by atoms with van der Waals surface area (Å²) in [7, 11) is 0. The lowest BCUT2D eigenvalue weighted by atomic mass is 9.79. The number of benzene rings is 1. The van der Waals surface area contributed by atoms with Crippen molar-refractivity contribution in [3.05, 3.63) is 24.3 Å². The first-order chi connectivity index (χ1) is 14.3. The first-order valence-corrected chi connectivity index (χ1v) is 12.6. The van der Waals surface area contributed by atoms with Crippen molar-refractivity contribution in [1.29, 1.82) is 0 Å². The maximum atomic E-state index is 6.06. The molecule has 0 radical (unpaired) electrons. The van der Waals surface area contributed by atoms with Crippen molar-refractivity contribution in [2.24, 2.45) is 23.7 Å². The minimum absolute atomic E-state index is 0.742. The minimum atomic E-state index is 0.742. The first-order valence-electron chi connectivity index (χ1n) is 12.6. The molecule has 2 saturated carbocycles. The van der Waals surface area contributed by atoms with Gasteiger partial charge in [0.2, 0.25) is 0 Å². The second-order valence-electron chi connectivity index (χ2n) is 9.74. The smallest absolute Gasteiger partial charge is 0.119 e. The van der Waals surface area contributed by atoms with Crippen molar-refractivity contribution < 1.29 is 9.47 Å². The highest BCUT2D eigenvalue weighted by atomic mass is 16.5. The number of hydrogen-bond donors (Lipinski definition) is 0. The molecule has 1 aromatic carbocycles. The van der Waals surface area contributed by atoms with E-state index in [0.29, 0.717) is 0 Å². The molecule has 0 N–H and O–H groups in total. The average Bonchev–Trinajstić information content (AvgIpc) is 2.78. The van der Waals surface area contributed by atoms with Crippen LogP contribution < -0.4 is 9.47 Å². The van der Waals surface area contributed by atoms with E-state index in [1.165, 1.54) is 83.5 Å². The summed E-state index contributed by atoms with van der Waals surface area (Å²) in [6.07, 6.45) is 17.9. The van der Waals surface area contributed by atoms with E-state index in [1.54, 1.807) is 0 Å². The molecule has 0 aliphatic heterocycles. The summed E-state index contributed by atoms with van der Waals surface area (Å²) in [5, 5.41) is 0. The van der Waals surface area contributed by atoms with Crippen LogP contribution in [0.25, 0.3) is 0 Å². The highest BCUT2D eigenvalue weighted by molar-refractivity contribution is 5.31. The lowest BCUT2D eigenvalue weighted by Crippen LogP contribution is -2.20. The van der Waals surface area contributed by atoms with Crippen LogP contribution in [0.1, 0.15) is 97.3 Å². The molecule has 164 valence electrons. The monoisotopic (exact) mass is 400 g/mol. The Bertz CT molecular complexity index is 536. The molecule has 0 unspecified atom stereocenters. The summed E-state index contributed by atoms with van der Waals surface area (Å²) >= 11 is 0. The normalized spacial score (nSPS) is 27.5. The van der Waals surface area contributed by atoms with Crippen LogP contribution in [0.15, 0.2) is 24.3 Å². The molecule has 3 rings (SSSR count). The fraction of sp³-hybridized carbons (Fsp3) is 0.778. The van der Waals surface area contributed by atoms with E-state index >= 15 is 0 Å². The molecule has 2 aliphatic rings.